The fraction of sp³-hybridized carbons (Fsp3) is 0.692. The van der Waals surface area contributed by atoms with Gasteiger partial charge in [-0.15, -0.1) is 0 Å². The second kappa shape index (κ2) is 5.66. The SMILES string of the molecule is CCC(CC)c1nc(Cl)c(Br)c(C(C)(C)C)n1. The molecule has 2 nitrogen and oxygen atoms in total. The van der Waals surface area contributed by atoms with Crippen molar-refractivity contribution in [3.05, 3.63) is 21.1 Å². The lowest BCUT2D eigenvalue weighted by molar-refractivity contribution is 0.538. The molecule has 0 radical (unpaired) electrons. The molecule has 4 heteroatoms. The van der Waals surface area contributed by atoms with E-state index in [1.807, 2.05) is 0 Å². The van der Waals surface area contributed by atoms with Crippen molar-refractivity contribution in [2.45, 2.75) is 58.8 Å². The van der Waals surface area contributed by atoms with Gasteiger partial charge in [-0.1, -0.05) is 46.2 Å². The van der Waals surface area contributed by atoms with Crippen molar-refractivity contribution in [2.75, 3.05) is 0 Å². The molecule has 1 aromatic rings. The van der Waals surface area contributed by atoms with Gasteiger partial charge in [-0.2, -0.15) is 0 Å². The standard InChI is InChI=1S/C13H20BrClN2/c1-6-8(7-2)12-16-10(13(3,4)5)9(14)11(15)17-12/h8H,6-7H2,1-5H3. The molecule has 0 aromatic carbocycles. The maximum Gasteiger partial charge on any atom is 0.147 e. The van der Waals surface area contributed by atoms with E-state index in [4.69, 9.17) is 16.6 Å². The molecule has 1 rings (SSSR count). The van der Waals surface area contributed by atoms with Crippen molar-refractivity contribution >= 4 is 27.5 Å². The van der Waals surface area contributed by atoms with E-state index in [1.54, 1.807) is 0 Å². The molecule has 0 bridgehead atoms. The van der Waals surface area contributed by atoms with E-state index in [0.29, 0.717) is 11.1 Å². The summed E-state index contributed by atoms with van der Waals surface area (Å²) in [6.07, 6.45) is 2.08. The summed E-state index contributed by atoms with van der Waals surface area (Å²) in [7, 11) is 0. The van der Waals surface area contributed by atoms with Crippen LogP contribution >= 0.6 is 27.5 Å². The Hall–Kier alpha value is -0.150. The number of nitrogens with zero attached hydrogens (tertiary/aromatic N) is 2. The summed E-state index contributed by atoms with van der Waals surface area (Å²) in [6, 6.07) is 0. The zero-order valence-electron chi connectivity index (χ0n) is 11.1. The van der Waals surface area contributed by atoms with Gasteiger partial charge < -0.3 is 0 Å². The van der Waals surface area contributed by atoms with E-state index in [9.17, 15) is 0 Å². The molecular formula is C13H20BrClN2. The number of rotatable bonds is 3. The molecule has 0 atom stereocenters. The first-order chi connectivity index (χ1) is 7.81. The molecule has 96 valence electrons. The Kier molecular flexibility index (Phi) is 4.96. The van der Waals surface area contributed by atoms with Crippen LogP contribution in [0.25, 0.3) is 0 Å². The lowest BCUT2D eigenvalue weighted by Gasteiger charge is -2.22. The van der Waals surface area contributed by atoms with Crippen molar-refractivity contribution in [3.63, 3.8) is 0 Å². The van der Waals surface area contributed by atoms with Gasteiger partial charge in [-0.3, -0.25) is 0 Å². The summed E-state index contributed by atoms with van der Waals surface area (Å²) in [5, 5.41) is 0.520. The zero-order chi connectivity index (χ0) is 13.2. The van der Waals surface area contributed by atoms with Crippen molar-refractivity contribution in [2.24, 2.45) is 0 Å². The van der Waals surface area contributed by atoms with Crippen LogP contribution in [0.5, 0.6) is 0 Å². The fourth-order valence-electron chi connectivity index (χ4n) is 1.77. The second-order valence-corrected chi connectivity index (χ2v) is 6.45. The highest BCUT2D eigenvalue weighted by Gasteiger charge is 2.24. The average Bonchev–Trinajstić information content (AvgIpc) is 2.23. The third kappa shape index (κ3) is 3.41. The summed E-state index contributed by atoms with van der Waals surface area (Å²) in [5.74, 6) is 1.26. The number of hydrogen-bond acceptors (Lipinski definition) is 2. The van der Waals surface area contributed by atoms with Gasteiger partial charge in [-0.25, -0.2) is 9.97 Å². The Morgan fingerprint density at radius 2 is 1.71 bits per heavy atom. The predicted molar refractivity (Wildman–Crippen MR) is 76.8 cm³/mol. The molecule has 1 heterocycles. The molecule has 1 aromatic heterocycles. The Morgan fingerprint density at radius 3 is 2.12 bits per heavy atom. The van der Waals surface area contributed by atoms with E-state index in [2.05, 4.69) is 55.5 Å². The molecular weight excluding hydrogens is 300 g/mol. The molecule has 0 N–H and O–H groups in total. The monoisotopic (exact) mass is 318 g/mol. The van der Waals surface area contributed by atoms with Crippen LogP contribution in [0, 0.1) is 0 Å². The third-order valence-corrected chi connectivity index (χ3v) is 4.14. The van der Waals surface area contributed by atoms with Gasteiger partial charge >= 0.3 is 0 Å². The third-order valence-electron chi connectivity index (χ3n) is 2.89. The molecule has 0 unspecified atom stereocenters. The van der Waals surface area contributed by atoms with Crippen LogP contribution in [0.2, 0.25) is 5.15 Å². The van der Waals surface area contributed by atoms with Crippen LogP contribution in [0.4, 0.5) is 0 Å². The lowest BCUT2D eigenvalue weighted by Crippen LogP contribution is -2.18. The van der Waals surface area contributed by atoms with E-state index in [0.717, 1.165) is 28.8 Å². The first-order valence-corrected chi connectivity index (χ1v) is 7.21. The van der Waals surface area contributed by atoms with Crippen LogP contribution in [0.1, 0.15) is 64.9 Å². The summed E-state index contributed by atoms with van der Waals surface area (Å²) < 4.78 is 0.821. The van der Waals surface area contributed by atoms with Crippen LogP contribution in [0.15, 0.2) is 4.47 Å². The molecule has 0 fully saturated rings. The minimum absolute atomic E-state index is 0.0355. The average molecular weight is 320 g/mol. The van der Waals surface area contributed by atoms with Crippen LogP contribution in [-0.4, -0.2) is 9.97 Å². The smallest absolute Gasteiger partial charge is 0.147 e. The van der Waals surface area contributed by atoms with Gasteiger partial charge in [0.25, 0.3) is 0 Å². The molecule has 0 aliphatic heterocycles. The molecule has 0 spiro atoms. The second-order valence-electron chi connectivity index (χ2n) is 5.30. The molecule has 0 amide bonds. The van der Waals surface area contributed by atoms with Crippen molar-refractivity contribution in [3.8, 4) is 0 Å². The van der Waals surface area contributed by atoms with Gasteiger partial charge in [0.05, 0.1) is 10.2 Å². The van der Waals surface area contributed by atoms with Gasteiger partial charge in [0.15, 0.2) is 0 Å². The first-order valence-electron chi connectivity index (χ1n) is 6.04. The highest BCUT2D eigenvalue weighted by molar-refractivity contribution is 9.10. The van der Waals surface area contributed by atoms with E-state index in [-0.39, 0.29) is 5.41 Å². The maximum absolute atomic E-state index is 6.19. The molecule has 0 saturated heterocycles. The summed E-state index contributed by atoms with van der Waals surface area (Å²) in [4.78, 5) is 9.10. The van der Waals surface area contributed by atoms with Crippen molar-refractivity contribution in [1.82, 2.24) is 9.97 Å². The Bertz CT molecular complexity index is 395. The van der Waals surface area contributed by atoms with E-state index >= 15 is 0 Å². The normalized spacial score (nSPS) is 12.2. The van der Waals surface area contributed by atoms with Crippen LogP contribution in [-0.2, 0) is 5.41 Å². The zero-order valence-corrected chi connectivity index (χ0v) is 13.5. The summed E-state index contributed by atoms with van der Waals surface area (Å²) in [6.45, 7) is 10.7. The Balaban J connectivity index is 3.33. The Morgan fingerprint density at radius 1 is 1.18 bits per heavy atom. The number of halogens is 2. The van der Waals surface area contributed by atoms with Gasteiger partial charge in [0.1, 0.15) is 11.0 Å². The highest BCUT2D eigenvalue weighted by Crippen LogP contribution is 2.34. The largest absolute Gasteiger partial charge is 0.236 e. The van der Waals surface area contributed by atoms with Gasteiger partial charge in [0, 0.05) is 11.3 Å². The number of hydrogen-bond donors (Lipinski definition) is 0. The summed E-state index contributed by atoms with van der Waals surface area (Å²) in [5.41, 5.74) is 0.950. The van der Waals surface area contributed by atoms with Crippen LogP contribution < -0.4 is 0 Å². The highest BCUT2D eigenvalue weighted by atomic mass is 79.9. The topological polar surface area (TPSA) is 25.8 Å². The van der Waals surface area contributed by atoms with Gasteiger partial charge in [-0.05, 0) is 28.8 Å². The quantitative estimate of drug-likeness (QED) is 0.725. The number of aromatic nitrogens is 2. The predicted octanol–water partition coefficient (Wildman–Crippen LogP) is 5.09. The van der Waals surface area contributed by atoms with Crippen LogP contribution in [0.3, 0.4) is 0 Å². The molecule has 0 aliphatic rings. The minimum Gasteiger partial charge on any atom is -0.236 e. The maximum atomic E-state index is 6.19. The molecule has 0 aliphatic carbocycles. The van der Waals surface area contributed by atoms with E-state index in [1.165, 1.54) is 0 Å². The van der Waals surface area contributed by atoms with E-state index < -0.39 is 0 Å². The summed E-state index contributed by atoms with van der Waals surface area (Å²) >= 11 is 9.67. The van der Waals surface area contributed by atoms with Gasteiger partial charge in [0.2, 0.25) is 0 Å². The minimum atomic E-state index is -0.0355. The molecule has 17 heavy (non-hydrogen) atoms. The van der Waals surface area contributed by atoms with Crippen molar-refractivity contribution < 1.29 is 0 Å². The molecule has 0 saturated carbocycles. The lowest BCUT2D eigenvalue weighted by atomic mass is 9.91. The first kappa shape index (κ1) is 14.9. The van der Waals surface area contributed by atoms with Crippen molar-refractivity contribution in [1.29, 1.82) is 0 Å². The fourth-order valence-corrected chi connectivity index (χ4v) is 2.72. The Labute approximate surface area is 117 Å².